The molecule has 0 bridgehead atoms. The second kappa shape index (κ2) is 8.61. The summed E-state index contributed by atoms with van der Waals surface area (Å²) in [6, 6.07) is 44.3. The number of aromatic nitrogens is 4. The van der Waals surface area contributed by atoms with E-state index >= 15 is 0 Å². The van der Waals surface area contributed by atoms with Crippen LogP contribution in [0.5, 0.6) is 0 Å². The second-order valence-corrected chi connectivity index (χ2v) is 9.76. The number of hydrogen-bond donors (Lipinski definition) is 0. The summed E-state index contributed by atoms with van der Waals surface area (Å²) in [6.07, 6.45) is 1.85. The summed E-state index contributed by atoms with van der Waals surface area (Å²) in [5.74, 6) is 0. The SMILES string of the molecule is c1ccc(-c2ccc(-c3cc4ccc(-c5cccc6c7ccccc7nn56)nc4c4ncccc34)cc2)cc1. The Balaban J connectivity index is 1.30. The van der Waals surface area contributed by atoms with Crippen LogP contribution in [0.2, 0.25) is 0 Å². The van der Waals surface area contributed by atoms with Crippen LogP contribution in [0.1, 0.15) is 0 Å². The Labute approximate surface area is 224 Å². The largest absolute Gasteiger partial charge is 0.254 e. The Morgan fingerprint density at radius 2 is 1.31 bits per heavy atom. The molecule has 0 fully saturated rings. The molecule has 8 aromatic rings. The van der Waals surface area contributed by atoms with E-state index in [1.807, 2.05) is 35.0 Å². The minimum atomic E-state index is 0.868. The van der Waals surface area contributed by atoms with Crippen LogP contribution in [0.4, 0.5) is 0 Å². The van der Waals surface area contributed by atoms with Crippen molar-refractivity contribution in [3.05, 3.63) is 134 Å². The van der Waals surface area contributed by atoms with Crippen LogP contribution in [0.3, 0.4) is 0 Å². The summed E-state index contributed by atoms with van der Waals surface area (Å²) in [7, 11) is 0. The van der Waals surface area contributed by atoms with Crippen LogP contribution >= 0.6 is 0 Å². The fraction of sp³-hybridized carbons (Fsp3) is 0. The topological polar surface area (TPSA) is 43.1 Å². The summed E-state index contributed by atoms with van der Waals surface area (Å²) in [5, 5.41) is 8.16. The predicted octanol–water partition coefficient (Wildman–Crippen LogP) is 8.58. The number of pyridine rings is 3. The van der Waals surface area contributed by atoms with E-state index in [2.05, 4.69) is 103 Å². The number of nitrogens with zero attached hydrogens (tertiary/aromatic N) is 4. The highest BCUT2D eigenvalue weighted by Gasteiger charge is 2.14. The van der Waals surface area contributed by atoms with Crippen molar-refractivity contribution in [2.24, 2.45) is 0 Å². The molecule has 0 unspecified atom stereocenters. The third-order valence-electron chi connectivity index (χ3n) is 7.47. The maximum Gasteiger partial charge on any atom is 0.0973 e. The lowest BCUT2D eigenvalue weighted by molar-refractivity contribution is 0.984. The second-order valence-electron chi connectivity index (χ2n) is 9.76. The Hall–Kier alpha value is -5.35. The standard InChI is InChI=1S/C35H22N4/c1-2-8-23(9-3-1)24-15-17-25(18-16-24)29-22-26-19-20-31(37-34(26)35-27(29)11-7-21-36-35)33-14-6-13-32-28-10-4-5-12-30(28)38-39(32)33/h1-22H. The number of hydrogen-bond acceptors (Lipinski definition) is 3. The fourth-order valence-electron chi connectivity index (χ4n) is 5.57. The van der Waals surface area contributed by atoms with Gasteiger partial charge in [0.2, 0.25) is 0 Å². The monoisotopic (exact) mass is 498 g/mol. The van der Waals surface area contributed by atoms with Crippen molar-refractivity contribution in [2.45, 2.75) is 0 Å². The van der Waals surface area contributed by atoms with Crippen molar-refractivity contribution in [1.82, 2.24) is 19.6 Å². The first-order valence-corrected chi connectivity index (χ1v) is 13.0. The van der Waals surface area contributed by atoms with Gasteiger partial charge in [-0.1, -0.05) is 91.0 Å². The van der Waals surface area contributed by atoms with Crippen molar-refractivity contribution < 1.29 is 0 Å². The van der Waals surface area contributed by atoms with E-state index in [1.165, 1.54) is 11.1 Å². The molecule has 0 radical (unpaired) electrons. The molecular weight excluding hydrogens is 476 g/mol. The quantitative estimate of drug-likeness (QED) is 0.229. The van der Waals surface area contributed by atoms with Gasteiger partial charge in [0.05, 0.1) is 33.5 Å². The molecule has 0 aliphatic heterocycles. The first kappa shape index (κ1) is 21.7. The Morgan fingerprint density at radius 1 is 0.538 bits per heavy atom. The van der Waals surface area contributed by atoms with Crippen molar-refractivity contribution in [3.63, 3.8) is 0 Å². The average molecular weight is 499 g/mol. The minimum absolute atomic E-state index is 0.868. The number of fused-ring (bicyclic) bond motifs is 6. The van der Waals surface area contributed by atoms with E-state index in [4.69, 9.17) is 15.1 Å². The summed E-state index contributed by atoms with van der Waals surface area (Å²) >= 11 is 0. The van der Waals surface area contributed by atoms with Gasteiger partial charge in [-0.05, 0) is 58.7 Å². The molecule has 8 rings (SSSR count). The molecule has 0 N–H and O–H groups in total. The van der Waals surface area contributed by atoms with E-state index < -0.39 is 0 Å². The van der Waals surface area contributed by atoms with Gasteiger partial charge >= 0.3 is 0 Å². The molecule has 0 atom stereocenters. The summed E-state index contributed by atoms with van der Waals surface area (Å²) in [6.45, 7) is 0. The molecule has 0 saturated carbocycles. The van der Waals surface area contributed by atoms with Gasteiger partial charge in [-0.3, -0.25) is 4.98 Å². The van der Waals surface area contributed by atoms with Crippen LogP contribution in [0.25, 0.3) is 71.9 Å². The Kier molecular flexibility index (Phi) is 4.79. The highest BCUT2D eigenvalue weighted by atomic mass is 15.2. The third-order valence-corrected chi connectivity index (χ3v) is 7.47. The minimum Gasteiger partial charge on any atom is -0.254 e. The average Bonchev–Trinajstić information content (AvgIpc) is 3.40. The molecule has 0 aliphatic carbocycles. The lowest BCUT2D eigenvalue weighted by atomic mass is 9.95. The molecule has 0 spiro atoms. The number of rotatable bonds is 3. The normalized spacial score (nSPS) is 11.6. The predicted molar refractivity (Wildman–Crippen MR) is 160 cm³/mol. The molecule has 4 aromatic carbocycles. The van der Waals surface area contributed by atoms with Crippen LogP contribution in [0, 0.1) is 0 Å². The van der Waals surface area contributed by atoms with E-state index in [1.54, 1.807) is 0 Å². The molecular formula is C35H22N4. The first-order valence-electron chi connectivity index (χ1n) is 13.0. The molecule has 0 saturated heterocycles. The maximum absolute atomic E-state index is 5.16. The van der Waals surface area contributed by atoms with E-state index in [0.29, 0.717) is 0 Å². The summed E-state index contributed by atoms with van der Waals surface area (Å²) < 4.78 is 2.00. The molecule has 182 valence electrons. The van der Waals surface area contributed by atoms with E-state index in [9.17, 15) is 0 Å². The van der Waals surface area contributed by atoms with Crippen molar-refractivity contribution >= 4 is 38.2 Å². The third kappa shape index (κ3) is 3.50. The molecule has 4 heteroatoms. The molecule has 4 aromatic heterocycles. The lowest BCUT2D eigenvalue weighted by Gasteiger charge is -2.12. The Morgan fingerprint density at radius 3 is 2.21 bits per heavy atom. The zero-order chi connectivity index (χ0) is 25.8. The van der Waals surface area contributed by atoms with Gasteiger partial charge in [-0.2, -0.15) is 5.10 Å². The highest BCUT2D eigenvalue weighted by molar-refractivity contribution is 6.10. The van der Waals surface area contributed by atoms with Crippen LogP contribution in [-0.2, 0) is 0 Å². The first-order chi connectivity index (χ1) is 19.3. The lowest BCUT2D eigenvalue weighted by Crippen LogP contribution is -1.96. The van der Waals surface area contributed by atoms with E-state index in [-0.39, 0.29) is 0 Å². The molecule has 4 nitrogen and oxygen atoms in total. The Bertz CT molecular complexity index is 2160. The van der Waals surface area contributed by atoms with Crippen LogP contribution < -0.4 is 0 Å². The van der Waals surface area contributed by atoms with E-state index in [0.717, 1.165) is 60.7 Å². The van der Waals surface area contributed by atoms with Gasteiger partial charge < -0.3 is 0 Å². The maximum atomic E-state index is 5.16. The van der Waals surface area contributed by atoms with Gasteiger partial charge in [0.25, 0.3) is 0 Å². The smallest absolute Gasteiger partial charge is 0.0973 e. The molecule has 4 heterocycles. The number of benzene rings is 4. The van der Waals surface area contributed by atoms with Crippen molar-refractivity contribution in [2.75, 3.05) is 0 Å². The van der Waals surface area contributed by atoms with Crippen molar-refractivity contribution in [3.8, 4) is 33.6 Å². The zero-order valence-electron chi connectivity index (χ0n) is 21.0. The molecule has 0 aliphatic rings. The zero-order valence-corrected chi connectivity index (χ0v) is 21.0. The highest BCUT2D eigenvalue weighted by Crippen LogP contribution is 2.35. The van der Waals surface area contributed by atoms with Gasteiger partial charge in [0.15, 0.2) is 0 Å². The summed E-state index contributed by atoms with van der Waals surface area (Å²) in [5.41, 5.74) is 10.4. The van der Waals surface area contributed by atoms with Gasteiger partial charge in [-0.15, -0.1) is 0 Å². The van der Waals surface area contributed by atoms with Crippen molar-refractivity contribution in [1.29, 1.82) is 0 Å². The summed E-state index contributed by atoms with van der Waals surface area (Å²) in [4.78, 5) is 9.97. The van der Waals surface area contributed by atoms with Crippen LogP contribution in [-0.4, -0.2) is 19.6 Å². The van der Waals surface area contributed by atoms with Gasteiger partial charge in [0.1, 0.15) is 0 Å². The van der Waals surface area contributed by atoms with Gasteiger partial charge in [-0.25, -0.2) is 9.50 Å². The molecule has 39 heavy (non-hydrogen) atoms. The van der Waals surface area contributed by atoms with Crippen LogP contribution in [0.15, 0.2) is 134 Å². The fourth-order valence-corrected chi connectivity index (χ4v) is 5.57. The van der Waals surface area contributed by atoms with Gasteiger partial charge in [0, 0.05) is 22.4 Å². The molecule has 0 amide bonds.